The number of aliphatic hydroxyl groups excluding tert-OH is 1. The van der Waals surface area contributed by atoms with E-state index >= 15 is 0 Å². The van der Waals surface area contributed by atoms with Gasteiger partial charge in [0.05, 0.1) is 10.5 Å². The molecule has 0 spiro atoms. The molecule has 0 bridgehead atoms. The molecule has 0 amide bonds. The molecule has 0 saturated carbocycles. The second-order valence-electron chi connectivity index (χ2n) is 6.53. The van der Waals surface area contributed by atoms with Crippen LogP contribution in [0.2, 0.25) is 0 Å². The smallest absolute Gasteiger partial charge is 0.338 e. The summed E-state index contributed by atoms with van der Waals surface area (Å²) < 4.78 is 5.27. The number of rotatable bonds is 8. The van der Waals surface area contributed by atoms with Crippen LogP contribution in [0.5, 0.6) is 0 Å². The number of nitro groups is 1. The Morgan fingerprint density at radius 1 is 1.18 bits per heavy atom. The Morgan fingerprint density at radius 3 is 2.39 bits per heavy atom. The van der Waals surface area contributed by atoms with Crippen LogP contribution in [0.4, 0.5) is 11.4 Å². The Hall–Kier alpha value is -2.93. The first kappa shape index (κ1) is 23.1. The predicted octanol–water partition coefficient (Wildman–Crippen LogP) is 4.55. The molecular formula is C21H28N2O5. The summed E-state index contributed by atoms with van der Waals surface area (Å²) in [5.74, 6) is -0.563. The van der Waals surface area contributed by atoms with Gasteiger partial charge in [0.25, 0.3) is 5.69 Å². The van der Waals surface area contributed by atoms with Crippen LogP contribution >= 0.6 is 0 Å². The quantitative estimate of drug-likeness (QED) is 0.391. The van der Waals surface area contributed by atoms with E-state index in [1.807, 2.05) is 58.0 Å². The molecule has 0 heterocycles. The lowest BCUT2D eigenvalue weighted by Crippen LogP contribution is -2.32. The molecule has 7 heteroatoms. The van der Waals surface area contributed by atoms with E-state index in [1.165, 1.54) is 18.2 Å². The van der Waals surface area contributed by atoms with Gasteiger partial charge in [0, 0.05) is 18.2 Å². The molecular weight excluding hydrogens is 360 g/mol. The van der Waals surface area contributed by atoms with Gasteiger partial charge in [-0.15, -0.1) is 0 Å². The summed E-state index contributed by atoms with van der Waals surface area (Å²) in [5.41, 5.74) is 0.559. The van der Waals surface area contributed by atoms with Crippen molar-refractivity contribution in [3.05, 3.63) is 69.8 Å². The van der Waals surface area contributed by atoms with E-state index in [-0.39, 0.29) is 30.2 Å². The molecule has 152 valence electrons. The number of nitrogens with zero attached hydrogens (tertiary/aromatic N) is 1. The van der Waals surface area contributed by atoms with Crippen molar-refractivity contribution in [2.45, 2.75) is 46.3 Å². The molecule has 0 saturated heterocycles. The first-order valence-electron chi connectivity index (χ1n) is 9.21. The summed E-state index contributed by atoms with van der Waals surface area (Å²) >= 11 is 0. The maximum absolute atomic E-state index is 12.3. The molecule has 0 unspecified atom stereocenters. The minimum Gasteiger partial charge on any atom is -0.457 e. The van der Waals surface area contributed by atoms with Gasteiger partial charge in [0.1, 0.15) is 12.3 Å². The highest BCUT2D eigenvalue weighted by atomic mass is 16.6. The molecule has 2 aromatic carbocycles. The number of carbonyl (C=O) groups is 1. The lowest BCUT2D eigenvalue weighted by molar-refractivity contribution is -0.384. The molecule has 0 radical (unpaired) electrons. The van der Waals surface area contributed by atoms with E-state index in [9.17, 15) is 14.9 Å². The normalized spacial score (nSPS) is 10.5. The van der Waals surface area contributed by atoms with Gasteiger partial charge in [-0.05, 0) is 38.0 Å². The topological polar surface area (TPSA) is 102 Å². The predicted molar refractivity (Wildman–Crippen MR) is 109 cm³/mol. The van der Waals surface area contributed by atoms with E-state index in [1.54, 1.807) is 0 Å². The van der Waals surface area contributed by atoms with Crippen LogP contribution < -0.4 is 5.32 Å². The minimum absolute atomic E-state index is 0.0629. The van der Waals surface area contributed by atoms with Crippen LogP contribution in [0.3, 0.4) is 0 Å². The van der Waals surface area contributed by atoms with Crippen molar-refractivity contribution in [2.24, 2.45) is 0 Å². The van der Waals surface area contributed by atoms with Crippen molar-refractivity contribution in [3.63, 3.8) is 0 Å². The van der Waals surface area contributed by atoms with Crippen molar-refractivity contribution in [3.8, 4) is 0 Å². The maximum Gasteiger partial charge on any atom is 0.338 e. The monoisotopic (exact) mass is 388 g/mol. The summed E-state index contributed by atoms with van der Waals surface area (Å²) in [6.07, 6.45) is 0.396. The third-order valence-electron chi connectivity index (χ3n) is 3.85. The molecule has 28 heavy (non-hydrogen) atoms. The largest absolute Gasteiger partial charge is 0.457 e. The number of aliphatic hydroxyl groups is 1. The van der Waals surface area contributed by atoms with E-state index in [0.717, 1.165) is 5.56 Å². The Balaban J connectivity index is 0.00000190. The maximum atomic E-state index is 12.3. The molecule has 0 atom stereocenters. The number of anilines is 1. The molecule has 2 N–H and O–H groups in total. The summed E-state index contributed by atoms with van der Waals surface area (Å²) in [6, 6.07) is 13.3. The van der Waals surface area contributed by atoms with Crippen LogP contribution in [0.15, 0.2) is 48.5 Å². The highest BCUT2D eigenvalue weighted by molar-refractivity contribution is 5.91. The molecule has 2 rings (SSSR count). The van der Waals surface area contributed by atoms with Gasteiger partial charge in [0.15, 0.2) is 0 Å². The SMILES string of the molecule is CC.CC(C)(CCO)Nc1cc(C(=O)OCc2ccccc2)ccc1[N+](=O)[O-]. The van der Waals surface area contributed by atoms with E-state index in [0.29, 0.717) is 6.42 Å². The highest BCUT2D eigenvalue weighted by Gasteiger charge is 2.24. The zero-order valence-electron chi connectivity index (χ0n) is 16.8. The van der Waals surface area contributed by atoms with Crippen molar-refractivity contribution in [2.75, 3.05) is 11.9 Å². The second kappa shape index (κ2) is 11.0. The van der Waals surface area contributed by atoms with Gasteiger partial charge in [-0.3, -0.25) is 10.1 Å². The van der Waals surface area contributed by atoms with E-state index < -0.39 is 16.4 Å². The van der Waals surface area contributed by atoms with Gasteiger partial charge in [-0.2, -0.15) is 0 Å². The van der Waals surface area contributed by atoms with E-state index in [4.69, 9.17) is 9.84 Å². The van der Waals surface area contributed by atoms with Gasteiger partial charge >= 0.3 is 5.97 Å². The lowest BCUT2D eigenvalue weighted by Gasteiger charge is -2.26. The Bertz CT molecular complexity index is 776. The second-order valence-corrected chi connectivity index (χ2v) is 6.53. The molecule has 0 aliphatic rings. The summed E-state index contributed by atoms with van der Waals surface area (Å²) in [6.45, 7) is 7.68. The number of nitro benzene ring substituents is 1. The van der Waals surface area contributed by atoms with Gasteiger partial charge in [0.2, 0.25) is 0 Å². The molecule has 7 nitrogen and oxygen atoms in total. The van der Waals surface area contributed by atoms with Crippen molar-refractivity contribution < 1.29 is 19.6 Å². The van der Waals surface area contributed by atoms with Crippen LogP contribution in [-0.4, -0.2) is 28.1 Å². The first-order valence-corrected chi connectivity index (χ1v) is 9.21. The number of esters is 1. The van der Waals surface area contributed by atoms with Crippen LogP contribution in [0, 0.1) is 10.1 Å². The number of hydrogen-bond donors (Lipinski definition) is 2. The summed E-state index contributed by atoms with van der Waals surface area (Å²) in [5, 5.41) is 23.4. The summed E-state index contributed by atoms with van der Waals surface area (Å²) in [7, 11) is 0. The van der Waals surface area contributed by atoms with Gasteiger partial charge in [-0.1, -0.05) is 44.2 Å². The first-order chi connectivity index (χ1) is 13.3. The zero-order valence-corrected chi connectivity index (χ0v) is 16.8. The third-order valence-corrected chi connectivity index (χ3v) is 3.85. The number of benzene rings is 2. The Labute approximate surface area is 165 Å². The van der Waals surface area contributed by atoms with Crippen LogP contribution in [0.1, 0.15) is 50.0 Å². The minimum atomic E-state index is -0.577. The Kier molecular flexibility index (Phi) is 9.11. The molecule has 0 aliphatic carbocycles. The number of hydrogen-bond acceptors (Lipinski definition) is 6. The van der Waals surface area contributed by atoms with Gasteiger partial charge < -0.3 is 15.2 Å². The number of nitrogens with one attached hydrogen (secondary N) is 1. The lowest BCUT2D eigenvalue weighted by atomic mass is 10.00. The standard InChI is InChI=1S/C19H22N2O5.C2H6/c1-19(2,10-11-22)20-16-12-15(8-9-17(16)21(24)25)18(23)26-13-14-6-4-3-5-7-14;1-2/h3-9,12,20,22H,10-11,13H2,1-2H3;1-2H3. The average Bonchev–Trinajstić information content (AvgIpc) is 2.67. The fraction of sp³-hybridized carbons (Fsp3) is 0.381. The molecule has 0 fully saturated rings. The highest BCUT2D eigenvalue weighted by Crippen LogP contribution is 2.29. The van der Waals surface area contributed by atoms with Crippen LogP contribution in [-0.2, 0) is 11.3 Å². The zero-order chi connectivity index (χ0) is 21.2. The van der Waals surface area contributed by atoms with Crippen LogP contribution in [0.25, 0.3) is 0 Å². The molecule has 0 aromatic heterocycles. The molecule has 0 aliphatic heterocycles. The average molecular weight is 388 g/mol. The summed E-state index contributed by atoms with van der Waals surface area (Å²) in [4.78, 5) is 23.0. The molecule has 2 aromatic rings. The van der Waals surface area contributed by atoms with Crippen molar-refractivity contribution in [1.82, 2.24) is 0 Å². The number of carbonyl (C=O) groups excluding carboxylic acids is 1. The fourth-order valence-corrected chi connectivity index (χ4v) is 2.44. The van der Waals surface area contributed by atoms with Crippen molar-refractivity contribution >= 4 is 17.3 Å². The number of ether oxygens (including phenoxy) is 1. The Morgan fingerprint density at radius 2 is 1.82 bits per heavy atom. The van der Waals surface area contributed by atoms with E-state index in [2.05, 4.69) is 5.32 Å². The van der Waals surface area contributed by atoms with Crippen molar-refractivity contribution in [1.29, 1.82) is 0 Å². The van der Waals surface area contributed by atoms with Gasteiger partial charge in [-0.25, -0.2) is 4.79 Å². The fourth-order valence-electron chi connectivity index (χ4n) is 2.44. The third kappa shape index (κ3) is 7.00.